The molecule has 6 atom stereocenters. The maximum Gasteiger partial charge on any atom is 0.248 e. The molecule has 46 heavy (non-hydrogen) atoms. The number of nitrogens with zero attached hydrogens (tertiary/aromatic N) is 1. The first-order chi connectivity index (χ1) is 22.0. The van der Waals surface area contributed by atoms with E-state index in [1.165, 1.54) is 7.11 Å². The second kappa shape index (κ2) is 19.2. The SMILES string of the molecule is CCCCCCN(C(=O)CO[C@H]1C[C@@H](C)CC[C@@H]1C(C)C)[C@@H]1CC(C(=O)NCCO)=C[C@H](Oc2c(I)cc(CO)cc2OC)[C@H]1O. The summed E-state index contributed by atoms with van der Waals surface area (Å²) >= 11 is 2.09. The minimum atomic E-state index is -1.15. The maximum atomic E-state index is 14.0. The Kier molecular flexibility index (Phi) is 16.0. The summed E-state index contributed by atoms with van der Waals surface area (Å²) in [5.41, 5.74) is 1.01. The third-order valence-corrected chi connectivity index (χ3v) is 10.1. The number of hydrogen-bond donors (Lipinski definition) is 4. The van der Waals surface area contributed by atoms with E-state index in [9.17, 15) is 24.9 Å². The highest BCUT2D eigenvalue weighted by atomic mass is 127. The van der Waals surface area contributed by atoms with Crippen LogP contribution in [0.25, 0.3) is 0 Å². The molecule has 0 spiro atoms. The van der Waals surface area contributed by atoms with Gasteiger partial charge in [0.1, 0.15) is 18.8 Å². The first-order valence-corrected chi connectivity index (χ1v) is 17.9. The lowest BCUT2D eigenvalue weighted by Gasteiger charge is -2.41. The summed E-state index contributed by atoms with van der Waals surface area (Å²) in [6.45, 7) is 8.80. The predicted octanol–water partition coefficient (Wildman–Crippen LogP) is 4.59. The number of nitrogens with one attached hydrogen (secondary N) is 1. The number of unbranched alkanes of at least 4 members (excludes halogenated alkanes) is 3. The zero-order valence-electron chi connectivity index (χ0n) is 28.2. The summed E-state index contributed by atoms with van der Waals surface area (Å²) in [4.78, 5) is 29.0. The van der Waals surface area contributed by atoms with Crippen molar-refractivity contribution in [3.8, 4) is 11.5 Å². The number of carbonyl (C=O) groups is 2. The number of ether oxygens (including phenoxy) is 3. The number of carbonyl (C=O) groups excluding carboxylic acids is 2. The standard InChI is InChI=1S/C35H55IN2O8/c1-6-7-8-9-13-38(32(41)21-45-29-15-23(4)10-11-26(29)22(2)3)28-18-25(35(43)37-12-14-39)19-30(33(28)42)46-34-27(36)16-24(20-40)17-31(34)44-5/h16-17,19,22-23,26,28-30,33,39-40,42H,6-15,18,20-21H2,1-5H3,(H,37,43)/t23-,26+,28+,29-,30-,33-/m0/s1. The Balaban J connectivity index is 1.93. The highest BCUT2D eigenvalue weighted by molar-refractivity contribution is 14.1. The van der Waals surface area contributed by atoms with Crippen LogP contribution in [0.5, 0.6) is 11.5 Å². The Hall–Kier alpha value is -1.93. The van der Waals surface area contributed by atoms with Crippen LogP contribution in [0.4, 0.5) is 0 Å². The van der Waals surface area contributed by atoms with Crippen LogP contribution >= 0.6 is 22.6 Å². The molecule has 11 heteroatoms. The fraction of sp³-hybridized carbons (Fsp3) is 0.714. The van der Waals surface area contributed by atoms with Crippen molar-refractivity contribution in [2.75, 3.05) is 33.4 Å². The molecule has 0 unspecified atom stereocenters. The van der Waals surface area contributed by atoms with E-state index in [0.717, 1.165) is 44.9 Å². The average molecular weight is 759 g/mol. The quantitative estimate of drug-likeness (QED) is 0.134. The van der Waals surface area contributed by atoms with Gasteiger partial charge >= 0.3 is 0 Å². The maximum absolute atomic E-state index is 14.0. The lowest BCUT2D eigenvalue weighted by molar-refractivity contribution is -0.148. The molecule has 1 fully saturated rings. The van der Waals surface area contributed by atoms with Crippen LogP contribution in [0.15, 0.2) is 23.8 Å². The molecular weight excluding hydrogens is 703 g/mol. The van der Waals surface area contributed by atoms with Gasteiger partial charge in [0.25, 0.3) is 0 Å². The van der Waals surface area contributed by atoms with Gasteiger partial charge in [-0.1, -0.05) is 53.4 Å². The molecule has 2 aliphatic carbocycles. The fourth-order valence-corrected chi connectivity index (χ4v) is 7.44. The molecule has 0 radical (unpaired) electrons. The number of hydrogen-bond acceptors (Lipinski definition) is 8. The molecule has 0 saturated heterocycles. The van der Waals surface area contributed by atoms with Gasteiger partial charge in [-0.25, -0.2) is 0 Å². The Bertz CT molecular complexity index is 1160. The Morgan fingerprint density at radius 2 is 1.91 bits per heavy atom. The summed E-state index contributed by atoms with van der Waals surface area (Å²) in [7, 11) is 1.50. The highest BCUT2D eigenvalue weighted by Crippen LogP contribution is 2.38. The van der Waals surface area contributed by atoms with Gasteiger partial charge in [0, 0.05) is 25.1 Å². The van der Waals surface area contributed by atoms with Crippen molar-refractivity contribution in [3.05, 3.63) is 32.9 Å². The minimum absolute atomic E-state index is 0.00171. The van der Waals surface area contributed by atoms with Gasteiger partial charge in [-0.15, -0.1) is 0 Å². The highest BCUT2D eigenvalue weighted by Gasteiger charge is 2.41. The van der Waals surface area contributed by atoms with Gasteiger partial charge in [-0.3, -0.25) is 9.59 Å². The van der Waals surface area contributed by atoms with Crippen molar-refractivity contribution in [1.82, 2.24) is 10.2 Å². The third-order valence-electron chi connectivity index (χ3n) is 9.30. The molecule has 1 aromatic rings. The predicted molar refractivity (Wildman–Crippen MR) is 186 cm³/mol. The van der Waals surface area contributed by atoms with Gasteiger partial charge in [0.2, 0.25) is 11.8 Å². The van der Waals surface area contributed by atoms with E-state index in [1.807, 2.05) is 0 Å². The molecule has 0 aliphatic heterocycles. The molecule has 0 aromatic heterocycles. The van der Waals surface area contributed by atoms with Crippen LogP contribution in [-0.2, 0) is 20.9 Å². The fourth-order valence-electron chi connectivity index (χ4n) is 6.65. The summed E-state index contributed by atoms with van der Waals surface area (Å²) in [5, 5.41) is 33.6. The molecule has 0 bridgehead atoms. The number of amides is 2. The number of aliphatic hydroxyl groups excluding tert-OH is 3. The summed E-state index contributed by atoms with van der Waals surface area (Å²) in [6, 6.07) is 2.69. The van der Waals surface area contributed by atoms with Crippen molar-refractivity contribution >= 4 is 34.4 Å². The molecule has 260 valence electrons. The Morgan fingerprint density at radius 3 is 2.57 bits per heavy atom. The second-order valence-corrected chi connectivity index (χ2v) is 14.3. The van der Waals surface area contributed by atoms with E-state index >= 15 is 0 Å². The van der Waals surface area contributed by atoms with Crippen molar-refractivity contribution in [2.24, 2.45) is 17.8 Å². The molecule has 1 aromatic carbocycles. The summed E-state index contributed by atoms with van der Waals surface area (Å²) in [6.07, 6.45) is 6.52. The van der Waals surface area contributed by atoms with Gasteiger partial charge < -0.3 is 39.7 Å². The van der Waals surface area contributed by atoms with Crippen LogP contribution in [0.1, 0.15) is 84.6 Å². The largest absolute Gasteiger partial charge is 0.493 e. The molecule has 2 aliphatic rings. The van der Waals surface area contributed by atoms with Gasteiger partial charge in [-0.2, -0.15) is 0 Å². The number of benzene rings is 1. The molecule has 10 nitrogen and oxygen atoms in total. The summed E-state index contributed by atoms with van der Waals surface area (Å²) < 4.78 is 19.0. The number of methoxy groups -OCH3 is 1. The van der Waals surface area contributed by atoms with Crippen LogP contribution in [0.2, 0.25) is 0 Å². The van der Waals surface area contributed by atoms with Crippen molar-refractivity contribution in [3.63, 3.8) is 0 Å². The number of rotatable bonds is 17. The Labute approximate surface area is 288 Å². The van der Waals surface area contributed by atoms with Crippen LogP contribution in [0.3, 0.4) is 0 Å². The zero-order valence-corrected chi connectivity index (χ0v) is 30.3. The van der Waals surface area contributed by atoms with E-state index in [0.29, 0.717) is 50.5 Å². The van der Waals surface area contributed by atoms with Gasteiger partial charge in [0.15, 0.2) is 11.5 Å². The van der Waals surface area contributed by atoms with Crippen molar-refractivity contribution in [2.45, 2.75) is 110 Å². The first-order valence-electron chi connectivity index (χ1n) is 16.9. The normalized spacial score (nSPS) is 24.8. The van der Waals surface area contributed by atoms with E-state index in [2.05, 4.69) is 55.6 Å². The molecule has 4 N–H and O–H groups in total. The molecule has 1 saturated carbocycles. The first kappa shape index (κ1) is 38.5. The van der Waals surface area contributed by atoms with E-state index in [-0.39, 0.29) is 50.7 Å². The van der Waals surface area contributed by atoms with Crippen LogP contribution in [0, 0.1) is 21.3 Å². The average Bonchev–Trinajstić information content (AvgIpc) is 3.04. The molecule has 3 rings (SSSR count). The van der Waals surface area contributed by atoms with Crippen molar-refractivity contribution < 1.29 is 39.1 Å². The summed E-state index contributed by atoms with van der Waals surface area (Å²) in [5.74, 6) is 1.53. The monoisotopic (exact) mass is 758 g/mol. The number of aliphatic hydroxyl groups is 3. The lowest BCUT2D eigenvalue weighted by atomic mass is 9.75. The third kappa shape index (κ3) is 10.5. The number of halogens is 1. The lowest BCUT2D eigenvalue weighted by Crippen LogP contribution is -2.56. The smallest absolute Gasteiger partial charge is 0.248 e. The topological polar surface area (TPSA) is 138 Å². The second-order valence-electron chi connectivity index (χ2n) is 13.1. The van der Waals surface area contributed by atoms with Crippen LogP contribution < -0.4 is 14.8 Å². The van der Waals surface area contributed by atoms with E-state index in [4.69, 9.17) is 14.2 Å². The van der Waals surface area contributed by atoms with Gasteiger partial charge in [-0.05, 0) is 83.4 Å². The van der Waals surface area contributed by atoms with E-state index < -0.39 is 18.2 Å². The molecule has 2 amide bonds. The van der Waals surface area contributed by atoms with Gasteiger partial charge in [0.05, 0.1) is 36.0 Å². The minimum Gasteiger partial charge on any atom is -0.493 e. The van der Waals surface area contributed by atoms with E-state index in [1.54, 1.807) is 23.1 Å². The van der Waals surface area contributed by atoms with Crippen molar-refractivity contribution in [1.29, 1.82) is 0 Å². The van der Waals surface area contributed by atoms with Crippen LogP contribution in [-0.4, -0.2) is 89.8 Å². The Morgan fingerprint density at radius 1 is 1.15 bits per heavy atom. The molecule has 0 heterocycles. The molecular formula is C35H55IN2O8. The zero-order chi connectivity index (χ0) is 33.8.